The van der Waals surface area contributed by atoms with Crippen molar-refractivity contribution in [2.75, 3.05) is 6.54 Å². The van der Waals surface area contributed by atoms with Crippen LogP contribution in [-0.2, 0) is 4.79 Å². The van der Waals surface area contributed by atoms with Crippen molar-refractivity contribution in [3.05, 3.63) is 34.3 Å². The van der Waals surface area contributed by atoms with Gasteiger partial charge in [-0.2, -0.15) is 18.4 Å². The Morgan fingerprint density at radius 3 is 2.43 bits per heavy atom. The lowest BCUT2D eigenvalue weighted by Gasteiger charge is -2.25. The van der Waals surface area contributed by atoms with Crippen LogP contribution >= 0.6 is 15.9 Å². The average molecular weight is 392 g/mol. The Morgan fingerprint density at radius 1 is 1.35 bits per heavy atom. The molecule has 0 aliphatic heterocycles. The van der Waals surface area contributed by atoms with Crippen LogP contribution in [0.1, 0.15) is 31.4 Å². The van der Waals surface area contributed by atoms with Crippen LogP contribution in [0.4, 0.5) is 13.2 Å². The molecule has 0 bridgehead atoms. The minimum absolute atomic E-state index is 0.0513. The third kappa shape index (κ3) is 6.20. The third-order valence-corrected chi connectivity index (χ3v) is 3.67. The summed E-state index contributed by atoms with van der Waals surface area (Å²) in [6, 6.07) is 4.47. The number of nitrogens with zero attached hydrogens (tertiary/aromatic N) is 1. The molecule has 0 radical (unpaired) electrons. The van der Waals surface area contributed by atoms with Gasteiger partial charge in [-0.15, -0.1) is 0 Å². The molecule has 1 rings (SSSR count). The van der Waals surface area contributed by atoms with Crippen LogP contribution in [0.25, 0.3) is 0 Å². The Kier molecular flexibility index (Phi) is 7.52. The summed E-state index contributed by atoms with van der Waals surface area (Å²) in [6.45, 7) is 1.71. The van der Waals surface area contributed by atoms with E-state index in [9.17, 15) is 18.0 Å². The van der Waals surface area contributed by atoms with E-state index in [1.165, 1.54) is 24.3 Å². The zero-order valence-electron chi connectivity index (χ0n) is 12.5. The van der Waals surface area contributed by atoms with Gasteiger partial charge >= 0.3 is 6.18 Å². The number of hydrogen-bond donors (Lipinski definition) is 2. The topological polar surface area (TPSA) is 64.9 Å². The minimum atomic E-state index is -4.62. The average Bonchev–Trinajstić information content (AvgIpc) is 2.49. The smallest absolute Gasteiger partial charge is 0.339 e. The molecule has 1 unspecified atom stereocenters. The molecule has 23 heavy (non-hydrogen) atoms. The second kappa shape index (κ2) is 8.89. The van der Waals surface area contributed by atoms with Crippen LogP contribution in [0.3, 0.4) is 0 Å². The summed E-state index contributed by atoms with van der Waals surface area (Å²) in [6.07, 6.45) is -3.67. The Balaban J connectivity index is 2.94. The largest absolute Gasteiger partial charge is 0.412 e. The van der Waals surface area contributed by atoms with Gasteiger partial charge in [-0.05, 0) is 24.1 Å². The Morgan fingerprint density at radius 2 is 1.96 bits per heavy atom. The van der Waals surface area contributed by atoms with Crippen LogP contribution in [0.2, 0.25) is 0 Å². The molecule has 1 amide bonds. The van der Waals surface area contributed by atoms with Crippen molar-refractivity contribution in [2.45, 2.75) is 38.0 Å². The van der Waals surface area contributed by atoms with E-state index in [-0.39, 0.29) is 12.1 Å². The lowest BCUT2D eigenvalue weighted by atomic mass is 10.0. The van der Waals surface area contributed by atoms with Crippen LogP contribution < -0.4 is 10.6 Å². The second-order valence-electron chi connectivity index (χ2n) is 4.92. The SMILES string of the molecule is CCC[C@H](NCC#N)C(=O)NC(c1ccc(Br)cc1)C(F)(F)F. The fourth-order valence-electron chi connectivity index (χ4n) is 2.04. The lowest BCUT2D eigenvalue weighted by molar-refractivity contribution is -0.164. The van der Waals surface area contributed by atoms with Gasteiger partial charge in [-0.1, -0.05) is 41.4 Å². The minimum Gasteiger partial charge on any atom is -0.339 e. The van der Waals surface area contributed by atoms with Gasteiger partial charge in [0.15, 0.2) is 6.04 Å². The number of rotatable bonds is 7. The molecule has 0 aliphatic rings. The highest BCUT2D eigenvalue weighted by Gasteiger charge is 2.42. The van der Waals surface area contributed by atoms with Gasteiger partial charge in [0.2, 0.25) is 5.91 Å². The van der Waals surface area contributed by atoms with Crippen molar-refractivity contribution in [3.63, 3.8) is 0 Å². The van der Waals surface area contributed by atoms with Crippen molar-refractivity contribution in [1.29, 1.82) is 5.26 Å². The number of nitriles is 1. The molecule has 0 heterocycles. The van der Waals surface area contributed by atoms with E-state index in [0.29, 0.717) is 17.3 Å². The molecule has 0 spiro atoms. The summed E-state index contributed by atoms with van der Waals surface area (Å²) in [7, 11) is 0. The number of nitrogens with one attached hydrogen (secondary N) is 2. The second-order valence-corrected chi connectivity index (χ2v) is 5.83. The van der Waals surface area contributed by atoms with Crippen molar-refractivity contribution in [1.82, 2.24) is 10.6 Å². The van der Waals surface area contributed by atoms with E-state index < -0.39 is 24.2 Å². The first-order valence-electron chi connectivity index (χ1n) is 7.02. The van der Waals surface area contributed by atoms with Gasteiger partial charge in [0.1, 0.15) is 0 Å². The fraction of sp³-hybridized carbons (Fsp3) is 0.467. The molecule has 0 saturated carbocycles. The summed E-state index contributed by atoms with van der Waals surface area (Å²) in [5, 5.41) is 13.2. The van der Waals surface area contributed by atoms with Gasteiger partial charge in [-0.3, -0.25) is 10.1 Å². The van der Waals surface area contributed by atoms with Gasteiger partial charge in [0, 0.05) is 4.47 Å². The Bertz CT molecular complexity index is 555. The molecular weight excluding hydrogens is 375 g/mol. The highest BCUT2D eigenvalue weighted by Crippen LogP contribution is 2.33. The van der Waals surface area contributed by atoms with E-state index in [1.807, 2.05) is 18.3 Å². The van der Waals surface area contributed by atoms with Crippen molar-refractivity contribution >= 4 is 21.8 Å². The molecule has 126 valence electrons. The van der Waals surface area contributed by atoms with Crippen LogP contribution in [0.15, 0.2) is 28.7 Å². The first-order chi connectivity index (χ1) is 10.8. The molecule has 0 aliphatic carbocycles. The van der Waals surface area contributed by atoms with Gasteiger partial charge in [0.05, 0.1) is 18.7 Å². The highest BCUT2D eigenvalue weighted by molar-refractivity contribution is 9.10. The Hall–Kier alpha value is -1.59. The fourth-order valence-corrected chi connectivity index (χ4v) is 2.30. The van der Waals surface area contributed by atoms with E-state index in [1.54, 1.807) is 0 Å². The van der Waals surface area contributed by atoms with Gasteiger partial charge in [0.25, 0.3) is 0 Å². The molecule has 1 aromatic carbocycles. The van der Waals surface area contributed by atoms with E-state index in [2.05, 4.69) is 21.2 Å². The maximum absolute atomic E-state index is 13.3. The Labute approximate surface area is 141 Å². The summed E-state index contributed by atoms with van der Waals surface area (Å²) < 4.78 is 40.5. The summed E-state index contributed by atoms with van der Waals surface area (Å²) >= 11 is 3.16. The summed E-state index contributed by atoms with van der Waals surface area (Å²) in [5.74, 6) is -0.771. The van der Waals surface area contributed by atoms with Crippen LogP contribution in [-0.4, -0.2) is 24.7 Å². The number of carbonyl (C=O) groups excluding carboxylic acids is 1. The third-order valence-electron chi connectivity index (χ3n) is 3.14. The molecule has 1 aromatic rings. The first kappa shape index (κ1) is 19.5. The maximum Gasteiger partial charge on any atom is 0.412 e. The molecule has 0 fully saturated rings. The predicted octanol–water partition coefficient (Wildman–Crippen LogP) is 3.45. The standard InChI is InChI=1S/C15H17BrF3N3O/c1-2-3-12(21-9-8-20)14(23)22-13(15(17,18)19)10-4-6-11(16)7-5-10/h4-7,12-13,21H,2-3,9H2,1H3,(H,22,23)/t12-,13?/m0/s1. The van der Waals surface area contributed by atoms with E-state index >= 15 is 0 Å². The molecule has 0 aromatic heterocycles. The molecular formula is C15H17BrF3N3O. The first-order valence-corrected chi connectivity index (χ1v) is 7.81. The quantitative estimate of drug-likeness (QED) is 0.699. The maximum atomic E-state index is 13.3. The number of amides is 1. The summed E-state index contributed by atoms with van der Waals surface area (Å²) in [4.78, 5) is 12.1. The summed E-state index contributed by atoms with van der Waals surface area (Å²) in [5.41, 5.74) is -0.0513. The zero-order valence-corrected chi connectivity index (χ0v) is 14.0. The number of alkyl halides is 3. The number of benzene rings is 1. The van der Waals surface area contributed by atoms with Crippen molar-refractivity contribution in [3.8, 4) is 6.07 Å². The number of carbonyl (C=O) groups is 1. The molecule has 2 N–H and O–H groups in total. The highest BCUT2D eigenvalue weighted by atomic mass is 79.9. The van der Waals surface area contributed by atoms with Crippen LogP contribution in [0, 0.1) is 11.3 Å². The zero-order chi connectivity index (χ0) is 17.5. The lowest BCUT2D eigenvalue weighted by Crippen LogP contribution is -2.48. The van der Waals surface area contributed by atoms with E-state index in [0.717, 1.165) is 0 Å². The van der Waals surface area contributed by atoms with Crippen LogP contribution in [0.5, 0.6) is 0 Å². The molecule has 8 heteroatoms. The number of halogens is 4. The van der Waals surface area contributed by atoms with Crippen molar-refractivity contribution < 1.29 is 18.0 Å². The van der Waals surface area contributed by atoms with Gasteiger partial charge in [-0.25, -0.2) is 0 Å². The van der Waals surface area contributed by atoms with Crippen molar-refractivity contribution in [2.24, 2.45) is 0 Å². The normalized spacial score (nSPS) is 13.9. The monoisotopic (exact) mass is 391 g/mol. The molecule has 0 saturated heterocycles. The molecule has 4 nitrogen and oxygen atoms in total. The predicted molar refractivity (Wildman–Crippen MR) is 83.4 cm³/mol. The van der Waals surface area contributed by atoms with Gasteiger partial charge < -0.3 is 5.32 Å². The van der Waals surface area contributed by atoms with E-state index in [4.69, 9.17) is 5.26 Å². The molecule has 2 atom stereocenters. The number of hydrogen-bond acceptors (Lipinski definition) is 3.